The van der Waals surface area contributed by atoms with Gasteiger partial charge in [0, 0.05) is 30.9 Å². The fraction of sp³-hybridized carbons (Fsp3) is 0.533. The van der Waals surface area contributed by atoms with Gasteiger partial charge in [0.15, 0.2) is 0 Å². The van der Waals surface area contributed by atoms with Crippen molar-refractivity contribution in [3.8, 4) is 0 Å². The van der Waals surface area contributed by atoms with E-state index in [0.29, 0.717) is 5.82 Å². The largest absolute Gasteiger partial charge is 0.383 e. The summed E-state index contributed by atoms with van der Waals surface area (Å²) in [6.07, 6.45) is 9.17. The lowest BCUT2D eigenvalue weighted by molar-refractivity contribution is 0.505. The number of allylic oxidation sites excluding steroid dienone is 1. The quantitative estimate of drug-likeness (QED) is 0.874. The van der Waals surface area contributed by atoms with Crippen molar-refractivity contribution < 1.29 is 0 Å². The third kappa shape index (κ3) is 2.89. The molecule has 4 N–H and O–H groups in total. The molecule has 0 saturated carbocycles. The van der Waals surface area contributed by atoms with Gasteiger partial charge >= 0.3 is 0 Å². The lowest BCUT2D eigenvalue weighted by atomic mass is 10.0. The van der Waals surface area contributed by atoms with E-state index in [2.05, 4.69) is 22.9 Å². The van der Waals surface area contributed by atoms with E-state index in [-0.39, 0.29) is 6.04 Å². The zero-order valence-corrected chi connectivity index (χ0v) is 11.9. The molecule has 4 nitrogen and oxygen atoms in total. The Balaban J connectivity index is 2.48. The van der Waals surface area contributed by atoms with E-state index in [0.717, 1.165) is 37.9 Å². The Morgan fingerprint density at radius 3 is 2.95 bits per heavy atom. The summed E-state index contributed by atoms with van der Waals surface area (Å²) < 4.78 is 0. The van der Waals surface area contributed by atoms with Crippen molar-refractivity contribution >= 4 is 17.6 Å². The second-order valence-corrected chi connectivity index (χ2v) is 5.13. The smallest absolute Gasteiger partial charge is 0.132 e. The lowest BCUT2D eigenvalue weighted by Gasteiger charge is -2.35. The van der Waals surface area contributed by atoms with E-state index < -0.39 is 0 Å². The average Bonchev–Trinajstić information content (AvgIpc) is 2.41. The first kappa shape index (κ1) is 13.9. The van der Waals surface area contributed by atoms with Gasteiger partial charge < -0.3 is 16.4 Å². The number of aromatic nitrogens is 1. The van der Waals surface area contributed by atoms with Crippen LogP contribution in [0.25, 0.3) is 6.08 Å². The van der Waals surface area contributed by atoms with E-state index in [9.17, 15) is 0 Å². The molecular weight excluding hydrogens is 236 g/mol. The van der Waals surface area contributed by atoms with E-state index >= 15 is 0 Å². The van der Waals surface area contributed by atoms with Crippen molar-refractivity contribution in [1.82, 2.24) is 4.98 Å². The minimum atomic E-state index is 0.256. The summed E-state index contributed by atoms with van der Waals surface area (Å²) in [5.41, 5.74) is 15.7. The third-order valence-corrected chi connectivity index (χ3v) is 3.68. The molecule has 104 valence electrons. The van der Waals surface area contributed by atoms with Crippen LogP contribution >= 0.6 is 0 Å². The molecule has 0 aromatic carbocycles. The lowest BCUT2D eigenvalue weighted by Crippen LogP contribution is -2.43. The highest BCUT2D eigenvalue weighted by molar-refractivity contribution is 5.77. The molecule has 2 heterocycles. The summed E-state index contributed by atoms with van der Waals surface area (Å²) >= 11 is 0. The third-order valence-electron chi connectivity index (χ3n) is 3.68. The maximum absolute atomic E-state index is 6.11. The molecule has 0 spiro atoms. The highest BCUT2D eigenvalue weighted by atomic mass is 15.2. The minimum absolute atomic E-state index is 0.256. The number of anilines is 2. The number of piperidine rings is 1. The van der Waals surface area contributed by atoms with Crippen LogP contribution < -0.4 is 16.4 Å². The molecular formula is C15H24N4. The molecule has 0 radical (unpaired) electrons. The summed E-state index contributed by atoms with van der Waals surface area (Å²) in [4.78, 5) is 6.69. The first-order chi connectivity index (χ1) is 9.17. The Morgan fingerprint density at radius 1 is 1.53 bits per heavy atom. The van der Waals surface area contributed by atoms with Crippen LogP contribution in [0, 0.1) is 0 Å². The van der Waals surface area contributed by atoms with E-state index in [1.54, 1.807) is 0 Å². The van der Waals surface area contributed by atoms with Gasteiger partial charge in [0.2, 0.25) is 0 Å². The van der Waals surface area contributed by atoms with Crippen LogP contribution in [0.1, 0.15) is 37.8 Å². The molecule has 1 atom stereocenters. The number of nitrogen functional groups attached to an aromatic ring is 1. The normalized spacial score (nSPS) is 20.2. The Hall–Kier alpha value is -1.55. The van der Waals surface area contributed by atoms with Crippen LogP contribution in [0.3, 0.4) is 0 Å². The van der Waals surface area contributed by atoms with Gasteiger partial charge in [-0.2, -0.15) is 0 Å². The van der Waals surface area contributed by atoms with Crippen molar-refractivity contribution in [2.75, 3.05) is 23.7 Å². The fourth-order valence-corrected chi connectivity index (χ4v) is 2.75. The van der Waals surface area contributed by atoms with E-state index in [1.807, 2.05) is 19.2 Å². The summed E-state index contributed by atoms with van der Waals surface area (Å²) in [6.45, 7) is 6.11. The highest BCUT2D eigenvalue weighted by Crippen LogP contribution is 2.32. The summed E-state index contributed by atoms with van der Waals surface area (Å²) in [7, 11) is 0. The average molecular weight is 260 g/mol. The van der Waals surface area contributed by atoms with Crippen molar-refractivity contribution in [2.24, 2.45) is 5.73 Å². The van der Waals surface area contributed by atoms with Gasteiger partial charge in [-0.25, -0.2) is 4.98 Å². The predicted molar refractivity (Wildman–Crippen MR) is 82.2 cm³/mol. The SMILES string of the molecule is CC=Cc1c(N)ncc(CC)c1N1CCCC(N)C1. The zero-order valence-electron chi connectivity index (χ0n) is 11.9. The number of hydrogen-bond donors (Lipinski definition) is 2. The Bertz CT molecular complexity index is 467. The van der Waals surface area contributed by atoms with Gasteiger partial charge in [-0.1, -0.05) is 19.1 Å². The van der Waals surface area contributed by atoms with Gasteiger partial charge in [-0.15, -0.1) is 0 Å². The van der Waals surface area contributed by atoms with Crippen molar-refractivity contribution in [3.05, 3.63) is 23.4 Å². The molecule has 0 bridgehead atoms. The van der Waals surface area contributed by atoms with E-state index in [4.69, 9.17) is 11.5 Å². The zero-order chi connectivity index (χ0) is 13.8. The molecule has 4 heteroatoms. The molecule has 1 aliphatic heterocycles. The highest BCUT2D eigenvalue weighted by Gasteiger charge is 2.22. The molecule has 1 fully saturated rings. The molecule has 1 aliphatic rings. The first-order valence-electron chi connectivity index (χ1n) is 7.08. The van der Waals surface area contributed by atoms with Crippen LogP contribution in [0.4, 0.5) is 11.5 Å². The Kier molecular flexibility index (Phi) is 4.43. The fourth-order valence-electron chi connectivity index (χ4n) is 2.75. The van der Waals surface area contributed by atoms with Crippen molar-refractivity contribution in [2.45, 2.75) is 39.2 Å². The van der Waals surface area contributed by atoms with Crippen LogP contribution in [0.5, 0.6) is 0 Å². The predicted octanol–water partition coefficient (Wildman–Crippen LogP) is 2.19. The molecule has 2 rings (SSSR count). The number of aryl methyl sites for hydroxylation is 1. The maximum Gasteiger partial charge on any atom is 0.132 e. The Morgan fingerprint density at radius 2 is 2.32 bits per heavy atom. The van der Waals surface area contributed by atoms with Crippen LogP contribution in [0.2, 0.25) is 0 Å². The molecule has 1 saturated heterocycles. The molecule has 0 amide bonds. The first-order valence-corrected chi connectivity index (χ1v) is 7.08. The Labute approximate surface area is 115 Å². The van der Waals surface area contributed by atoms with Gasteiger partial charge in [-0.3, -0.25) is 0 Å². The summed E-state index contributed by atoms with van der Waals surface area (Å²) in [6, 6.07) is 0.256. The number of nitrogens with two attached hydrogens (primary N) is 2. The number of nitrogens with zero attached hydrogens (tertiary/aromatic N) is 2. The monoisotopic (exact) mass is 260 g/mol. The van der Waals surface area contributed by atoms with Crippen LogP contribution in [-0.2, 0) is 6.42 Å². The minimum Gasteiger partial charge on any atom is -0.383 e. The van der Waals surface area contributed by atoms with Gasteiger partial charge in [-0.05, 0) is 31.7 Å². The topological polar surface area (TPSA) is 68.2 Å². The summed E-state index contributed by atoms with van der Waals surface area (Å²) in [5.74, 6) is 0.601. The number of pyridine rings is 1. The molecule has 1 aromatic heterocycles. The van der Waals surface area contributed by atoms with Crippen molar-refractivity contribution in [1.29, 1.82) is 0 Å². The second kappa shape index (κ2) is 6.06. The number of hydrogen-bond acceptors (Lipinski definition) is 4. The van der Waals surface area contributed by atoms with Gasteiger partial charge in [0.1, 0.15) is 5.82 Å². The summed E-state index contributed by atoms with van der Waals surface area (Å²) in [5, 5.41) is 0. The molecule has 0 aliphatic carbocycles. The van der Waals surface area contributed by atoms with Gasteiger partial charge in [0.05, 0.1) is 5.69 Å². The van der Waals surface area contributed by atoms with Crippen LogP contribution in [0.15, 0.2) is 12.3 Å². The standard InChI is InChI=1S/C15H24N4/c1-3-6-13-14(11(4-2)9-18-15(13)17)19-8-5-7-12(16)10-19/h3,6,9,12H,4-5,7-8,10,16H2,1-2H3,(H2,17,18). The number of rotatable bonds is 3. The van der Waals surface area contributed by atoms with Gasteiger partial charge in [0.25, 0.3) is 0 Å². The van der Waals surface area contributed by atoms with Crippen LogP contribution in [-0.4, -0.2) is 24.1 Å². The molecule has 1 unspecified atom stereocenters. The molecule has 1 aromatic rings. The molecule has 19 heavy (non-hydrogen) atoms. The van der Waals surface area contributed by atoms with E-state index in [1.165, 1.54) is 11.3 Å². The maximum atomic E-state index is 6.11. The van der Waals surface area contributed by atoms with Crippen molar-refractivity contribution in [3.63, 3.8) is 0 Å². The second-order valence-electron chi connectivity index (χ2n) is 5.13.